The number of benzene rings is 1. The summed E-state index contributed by atoms with van der Waals surface area (Å²) in [6, 6.07) is 1.62. The summed E-state index contributed by atoms with van der Waals surface area (Å²) >= 11 is 0. The van der Waals surface area contributed by atoms with Crippen molar-refractivity contribution >= 4 is 29.0 Å². The molecule has 198 valence electrons. The molecule has 1 fully saturated rings. The lowest BCUT2D eigenvalue weighted by Gasteiger charge is -2.50. The molecule has 1 aromatic rings. The number of amides is 1. The van der Waals surface area contributed by atoms with E-state index in [2.05, 4.69) is 0 Å². The molecule has 4 rings (SSSR count). The number of unbranched alkanes of at least 4 members (excludes halogenated alkanes) is 2. The Morgan fingerprint density at radius 2 is 1.81 bits per heavy atom. The highest BCUT2D eigenvalue weighted by Gasteiger charge is 2.64. The van der Waals surface area contributed by atoms with E-state index in [9.17, 15) is 39.6 Å². The number of aliphatic hydroxyl groups is 3. The van der Waals surface area contributed by atoms with Gasteiger partial charge >= 0.3 is 0 Å². The van der Waals surface area contributed by atoms with E-state index in [1.54, 1.807) is 14.1 Å². The van der Waals surface area contributed by atoms with Crippen molar-refractivity contribution in [2.24, 2.45) is 17.6 Å². The van der Waals surface area contributed by atoms with Crippen LogP contribution in [0.1, 0.15) is 60.5 Å². The highest BCUT2D eigenvalue weighted by atomic mass is 16.3. The Kier molecular flexibility index (Phi) is 6.76. The number of hydrogen-bond acceptors (Lipinski definition) is 9. The zero-order valence-corrected chi connectivity index (χ0v) is 21.1. The van der Waals surface area contributed by atoms with Crippen molar-refractivity contribution < 1.29 is 39.6 Å². The van der Waals surface area contributed by atoms with Crippen LogP contribution in [0.4, 0.5) is 0 Å². The number of rotatable bonds is 7. The van der Waals surface area contributed by atoms with E-state index in [-0.39, 0.29) is 35.5 Å². The molecule has 0 aliphatic heterocycles. The molecular formula is C27H32N2O8. The number of phenolic OH excluding ortho intramolecular Hbond substituents is 1. The highest BCUT2D eigenvalue weighted by Crippen LogP contribution is 2.53. The molecule has 0 spiro atoms. The lowest BCUT2D eigenvalue weighted by molar-refractivity contribution is -0.153. The van der Waals surface area contributed by atoms with Crippen molar-refractivity contribution in [2.75, 3.05) is 14.1 Å². The first-order chi connectivity index (χ1) is 17.4. The third kappa shape index (κ3) is 3.86. The van der Waals surface area contributed by atoms with Crippen LogP contribution in [-0.4, -0.2) is 74.3 Å². The largest absolute Gasteiger partial charge is 0.508 e. The zero-order valence-electron chi connectivity index (χ0n) is 21.1. The van der Waals surface area contributed by atoms with Crippen molar-refractivity contribution in [1.29, 1.82) is 0 Å². The Balaban J connectivity index is 1.90. The van der Waals surface area contributed by atoms with Gasteiger partial charge in [0.25, 0.3) is 5.91 Å². The summed E-state index contributed by atoms with van der Waals surface area (Å²) in [7, 11) is 3.08. The fourth-order valence-corrected chi connectivity index (χ4v) is 6.18. The van der Waals surface area contributed by atoms with Crippen molar-refractivity contribution in [3.8, 4) is 5.75 Å². The number of nitrogens with zero attached hydrogens (tertiary/aromatic N) is 1. The van der Waals surface area contributed by atoms with Crippen LogP contribution in [0, 0.1) is 11.8 Å². The van der Waals surface area contributed by atoms with Gasteiger partial charge < -0.3 is 26.2 Å². The first-order valence-electron chi connectivity index (χ1n) is 12.4. The molecule has 0 radical (unpaired) electrons. The predicted octanol–water partition coefficient (Wildman–Crippen LogP) is 1.73. The number of likely N-dealkylation sites (N-methyl/N-ethyl adjacent to an activating group) is 1. The smallest absolute Gasteiger partial charge is 0.255 e. The minimum atomic E-state index is -2.69. The van der Waals surface area contributed by atoms with E-state index in [4.69, 9.17) is 5.73 Å². The van der Waals surface area contributed by atoms with Gasteiger partial charge in [0.1, 0.15) is 22.8 Å². The number of Topliss-reactive ketones (excluding diaryl/α,β-unsaturated/α-hetero) is 3. The first-order valence-corrected chi connectivity index (χ1v) is 12.4. The van der Waals surface area contributed by atoms with Crippen LogP contribution in [0.25, 0.3) is 5.76 Å². The summed E-state index contributed by atoms with van der Waals surface area (Å²) in [4.78, 5) is 53.4. The maximum atomic E-state index is 13.8. The van der Waals surface area contributed by atoms with Gasteiger partial charge in [-0.15, -0.1) is 0 Å². The third-order valence-electron chi connectivity index (χ3n) is 7.91. The normalized spacial score (nSPS) is 27.2. The van der Waals surface area contributed by atoms with Gasteiger partial charge in [-0.05, 0) is 57.0 Å². The molecule has 10 heteroatoms. The molecule has 0 bridgehead atoms. The van der Waals surface area contributed by atoms with Crippen molar-refractivity contribution in [1.82, 2.24) is 4.90 Å². The second-order valence-corrected chi connectivity index (χ2v) is 10.3. The molecule has 1 aromatic carbocycles. The number of carbonyl (C=O) groups is 4. The van der Waals surface area contributed by atoms with E-state index < -0.39 is 58.0 Å². The average Bonchev–Trinajstić information content (AvgIpc) is 2.81. The summed E-state index contributed by atoms with van der Waals surface area (Å²) in [5.41, 5.74) is 2.20. The molecule has 1 saturated carbocycles. The second-order valence-electron chi connectivity index (χ2n) is 10.3. The molecule has 37 heavy (non-hydrogen) atoms. The molecule has 3 aliphatic carbocycles. The summed E-state index contributed by atoms with van der Waals surface area (Å²) in [6.07, 6.45) is 2.87. The van der Waals surface area contributed by atoms with Gasteiger partial charge in [-0.25, -0.2) is 0 Å². The van der Waals surface area contributed by atoms with Gasteiger partial charge in [-0.3, -0.25) is 24.1 Å². The maximum absolute atomic E-state index is 13.8. The molecule has 6 N–H and O–H groups in total. The molecule has 4 unspecified atom stereocenters. The Bertz CT molecular complexity index is 1280. The topological polar surface area (TPSA) is 178 Å². The van der Waals surface area contributed by atoms with E-state index in [1.807, 2.05) is 6.92 Å². The van der Waals surface area contributed by atoms with E-state index in [0.29, 0.717) is 24.0 Å². The van der Waals surface area contributed by atoms with Gasteiger partial charge in [-0.1, -0.05) is 19.8 Å². The molecule has 0 aromatic heterocycles. The lowest BCUT2D eigenvalue weighted by Crippen LogP contribution is -2.65. The summed E-state index contributed by atoms with van der Waals surface area (Å²) in [5.74, 6) is -7.27. The number of carbonyl (C=O) groups excluding carboxylic acids is 4. The molecule has 0 saturated heterocycles. The van der Waals surface area contributed by atoms with Crippen molar-refractivity contribution in [3.05, 3.63) is 45.7 Å². The van der Waals surface area contributed by atoms with Crippen LogP contribution in [0.3, 0.4) is 0 Å². The number of fused-ring (bicyclic) bond motifs is 3. The Morgan fingerprint density at radius 1 is 1.14 bits per heavy atom. The minimum absolute atomic E-state index is 0.0229. The maximum Gasteiger partial charge on any atom is 0.255 e. The molecule has 3 aliphatic rings. The Labute approximate surface area is 214 Å². The lowest BCUT2D eigenvalue weighted by atomic mass is 9.57. The van der Waals surface area contributed by atoms with Crippen molar-refractivity contribution in [2.45, 2.75) is 57.1 Å². The van der Waals surface area contributed by atoms with Gasteiger partial charge in [0.05, 0.1) is 11.6 Å². The van der Waals surface area contributed by atoms with Crippen molar-refractivity contribution in [3.63, 3.8) is 0 Å². The zero-order chi connectivity index (χ0) is 27.4. The number of primary amides is 1. The molecule has 10 nitrogen and oxygen atoms in total. The number of aromatic hydroxyl groups is 1. The van der Waals surface area contributed by atoms with Crippen LogP contribution >= 0.6 is 0 Å². The van der Waals surface area contributed by atoms with E-state index in [1.165, 1.54) is 17.0 Å². The predicted molar refractivity (Wildman–Crippen MR) is 133 cm³/mol. The standard InChI is InChI=1S/C27H32N2O8/c1-4-5-6-7-16(30)13-8-9-17(31)19-14(13)10-12-11-15-21(29(2)3)23(33)20(26(28)36)25(35)27(15,37)24(34)18(12)22(19)32/h8-9,12,15,21,31-32,35,37H,4-7,10-11H2,1-3H3,(H2,28,36). The van der Waals surface area contributed by atoms with Gasteiger partial charge in [0.15, 0.2) is 17.2 Å². The Morgan fingerprint density at radius 3 is 2.41 bits per heavy atom. The summed E-state index contributed by atoms with van der Waals surface area (Å²) in [6.45, 7) is 2.02. The van der Waals surface area contributed by atoms with Gasteiger partial charge in [-0.2, -0.15) is 0 Å². The number of aliphatic hydroxyl groups excluding tert-OH is 2. The van der Waals surface area contributed by atoms with Crippen LogP contribution in [0.5, 0.6) is 5.75 Å². The second kappa shape index (κ2) is 9.42. The molecule has 1 amide bonds. The van der Waals surface area contributed by atoms with Crippen LogP contribution in [0.15, 0.2) is 29.0 Å². The monoisotopic (exact) mass is 512 g/mol. The SMILES string of the molecule is CCCCCC(=O)c1ccc(O)c2c1CC1CC3C(N(C)C)C(=O)C(C(N)=O)=C(O)C3(O)C(=O)C1=C2O. The Hall–Kier alpha value is -3.50. The molecule has 0 heterocycles. The fourth-order valence-electron chi connectivity index (χ4n) is 6.18. The summed E-state index contributed by atoms with van der Waals surface area (Å²) < 4.78 is 0. The fraction of sp³-hybridized carbons (Fsp3) is 0.481. The van der Waals surface area contributed by atoms with Gasteiger partial charge in [0.2, 0.25) is 5.78 Å². The summed E-state index contributed by atoms with van der Waals surface area (Å²) in [5, 5.41) is 44.3. The third-order valence-corrected chi connectivity index (χ3v) is 7.91. The number of nitrogens with two attached hydrogens (primary N) is 1. The minimum Gasteiger partial charge on any atom is -0.508 e. The van der Waals surface area contributed by atoms with Gasteiger partial charge in [0, 0.05) is 23.5 Å². The van der Waals surface area contributed by atoms with E-state index >= 15 is 0 Å². The molecule has 4 atom stereocenters. The average molecular weight is 513 g/mol. The number of hydrogen-bond donors (Lipinski definition) is 5. The number of phenols is 1. The highest BCUT2D eigenvalue weighted by molar-refractivity contribution is 6.24. The van der Waals surface area contributed by atoms with Crippen LogP contribution in [0.2, 0.25) is 0 Å². The van der Waals surface area contributed by atoms with Crippen LogP contribution < -0.4 is 5.73 Å². The first kappa shape index (κ1) is 26.6. The quantitative estimate of drug-likeness (QED) is 0.207. The van der Waals surface area contributed by atoms with E-state index in [0.717, 1.165) is 12.8 Å². The number of ketones is 3. The molecular weight excluding hydrogens is 480 g/mol. The van der Waals surface area contributed by atoms with Crippen LogP contribution in [-0.2, 0) is 20.8 Å².